The van der Waals surface area contributed by atoms with Crippen LogP contribution >= 0.6 is 0 Å². The summed E-state index contributed by atoms with van der Waals surface area (Å²) >= 11 is 0. The summed E-state index contributed by atoms with van der Waals surface area (Å²) in [7, 11) is 0. The van der Waals surface area contributed by atoms with E-state index < -0.39 is 5.54 Å². The molecular weight excluding hydrogens is 152 g/mol. The number of hydrogen-bond donors (Lipinski definition) is 2. The monoisotopic (exact) mass is 167 g/mol. The van der Waals surface area contributed by atoms with Crippen LogP contribution in [-0.4, -0.2) is 5.21 Å². The Balaban J connectivity index is 3.23. The van der Waals surface area contributed by atoms with Crippen LogP contribution in [0.1, 0.15) is 25.1 Å². The maximum Gasteiger partial charge on any atom is 0.253 e. The summed E-state index contributed by atoms with van der Waals surface area (Å²) in [6.45, 7) is 5.68. The summed E-state index contributed by atoms with van der Waals surface area (Å²) in [5.74, 6) is 0. The molecule has 0 aliphatic carbocycles. The van der Waals surface area contributed by atoms with E-state index in [-0.39, 0.29) is 0 Å². The van der Waals surface area contributed by atoms with Crippen molar-refractivity contribution in [2.75, 3.05) is 0 Å². The molecule has 0 saturated carbocycles. The van der Waals surface area contributed by atoms with Gasteiger partial charge in [-0.3, -0.25) is 5.21 Å². The van der Waals surface area contributed by atoms with E-state index in [1.54, 1.807) is 6.20 Å². The Morgan fingerprint density at radius 1 is 1.50 bits per heavy atom. The molecule has 0 unspecified atom stereocenters. The summed E-state index contributed by atoms with van der Waals surface area (Å²) in [6.07, 6.45) is 1.60. The molecule has 66 valence electrons. The molecule has 3 N–H and O–H groups in total. The van der Waals surface area contributed by atoms with Gasteiger partial charge in [-0.1, -0.05) is 0 Å². The number of nitrogens with zero attached hydrogens (tertiary/aromatic N) is 1. The average molecular weight is 167 g/mol. The third kappa shape index (κ3) is 1.74. The van der Waals surface area contributed by atoms with E-state index in [0.717, 1.165) is 10.3 Å². The highest BCUT2D eigenvalue weighted by Crippen LogP contribution is 2.12. The topological polar surface area (TPSA) is 50.1 Å². The van der Waals surface area contributed by atoms with E-state index in [0.29, 0.717) is 5.69 Å². The van der Waals surface area contributed by atoms with Crippen molar-refractivity contribution < 1.29 is 9.94 Å². The SMILES string of the molecule is Cc1cc[n+](O)c(C(C)(C)N)c1. The molecule has 1 heterocycles. The van der Waals surface area contributed by atoms with Crippen LogP contribution in [0, 0.1) is 6.92 Å². The van der Waals surface area contributed by atoms with Crippen molar-refractivity contribution in [3.8, 4) is 0 Å². The summed E-state index contributed by atoms with van der Waals surface area (Å²) in [6, 6.07) is 3.70. The zero-order chi connectivity index (χ0) is 9.35. The molecule has 1 aromatic rings. The highest BCUT2D eigenvalue weighted by Gasteiger charge is 2.26. The molecule has 0 spiro atoms. The highest BCUT2D eigenvalue weighted by atomic mass is 16.5. The summed E-state index contributed by atoms with van der Waals surface area (Å²) in [5.41, 5.74) is 7.13. The number of nitrogens with two attached hydrogens (primary N) is 1. The Hall–Kier alpha value is -1.09. The van der Waals surface area contributed by atoms with Crippen LogP contribution in [0.2, 0.25) is 0 Å². The molecule has 0 atom stereocenters. The normalized spacial score (nSPS) is 11.7. The van der Waals surface area contributed by atoms with Gasteiger partial charge < -0.3 is 5.73 Å². The average Bonchev–Trinajstić information content (AvgIpc) is 1.92. The molecule has 0 bridgehead atoms. The second-order valence-electron chi connectivity index (χ2n) is 3.66. The Morgan fingerprint density at radius 3 is 2.50 bits per heavy atom. The number of rotatable bonds is 1. The predicted octanol–water partition coefficient (Wildman–Crippen LogP) is 0.714. The van der Waals surface area contributed by atoms with Crippen molar-refractivity contribution in [2.45, 2.75) is 26.3 Å². The lowest BCUT2D eigenvalue weighted by atomic mass is 10.0. The fourth-order valence-electron chi connectivity index (χ4n) is 1.08. The van der Waals surface area contributed by atoms with Gasteiger partial charge in [-0.15, -0.1) is 0 Å². The summed E-state index contributed by atoms with van der Waals surface area (Å²) in [5, 5.41) is 9.41. The van der Waals surface area contributed by atoms with E-state index in [1.165, 1.54) is 0 Å². The third-order valence-corrected chi connectivity index (χ3v) is 1.75. The molecule has 3 heteroatoms. The zero-order valence-electron chi connectivity index (χ0n) is 7.70. The molecule has 1 aromatic heterocycles. The minimum Gasteiger partial charge on any atom is -0.317 e. The Kier molecular flexibility index (Phi) is 2.06. The Labute approximate surface area is 72.4 Å². The largest absolute Gasteiger partial charge is 0.317 e. The van der Waals surface area contributed by atoms with Crippen molar-refractivity contribution in [1.29, 1.82) is 0 Å². The number of aryl methyl sites for hydroxylation is 1. The third-order valence-electron chi connectivity index (χ3n) is 1.75. The van der Waals surface area contributed by atoms with Crippen molar-refractivity contribution in [3.05, 3.63) is 29.6 Å². The minimum absolute atomic E-state index is 0.513. The van der Waals surface area contributed by atoms with Gasteiger partial charge in [-0.2, -0.15) is 0 Å². The fourth-order valence-corrected chi connectivity index (χ4v) is 1.08. The van der Waals surface area contributed by atoms with Gasteiger partial charge in [0.1, 0.15) is 5.54 Å². The Morgan fingerprint density at radius 2 is 2.08 bits per heavy atom. The van der Waals surface area contributed by atoms with Gasteiger partial charge in [-0.05, 0) is 26.3 Å². The molecule has 0 fully saturated rings. The second kappa shape index (κ2) is 2.75. The molecule has 0 radical (unpaired) electrons. The first-order chi connectivity index (χ1) is 5.41. The van der Waals surface area contributed by atoms with E-state index in [4.69, 9.17) is 5.73 Å². The smallest absolute Gasteiger partial charge is 0.253 e. The summed E-state index contributed by atoms with van der Waals surface area (Å²) in [4.78, 5) is 0. The maximum absolute atomic E-state index is 9.41. The van der Waals surface area contributed by atoms with E-state index in [2.05, 4.69) is 0 Å². The molecule has 0 aliphatic rings. The first-order valence-electron chi connectivity index (χ1n) is 3.92. The van der Waals surface area contributed by atoms with Gasteiger partial charge in [0.2, 0.25) is 6.20 Å². The van der Waals surface area contributed by atoms with Crippen molar-refractivity contribution in [1.82, 2.24) is 0 Å². The van der Waals surface area contributed by atoms with Gasteiger partial charge in [-0.25, -0.2) is 0 Å². The zero-order valence-corrected chi connectivity index (χ0v) is 7.70. The number of hydrogen-bond acceptors (Lipinski definition) is 2. The van der Waals surface area contributed by atoms with Gasteiger partial charge in [0.05, 0.1) is 0 Å². The molecule has 3 nitrogen and oxygen atoms in total. The standard InChI is InChI=1S/C9H15N2O/c1-7-4-5-11(12)8(6-7)9(2,3)10/h4-6,12H,10H2,1-3H3/q+1. The van der Waals surface area contributed by atoms with Crippen LogP contribution in [0.3, 0.4) is 0 Å². The fraction of sp³-hybridized carbons (Fsp3) is 0.444. The lowest BCUT2D eigenvalue weighted by Gasteiger charge is -2.13. The quantitative estimate of drug-likeness (QED) is 0.478. The van der Waals surface area contributed by atoms with Gasteiger partial charge in [0, 0.05) is 16.9 Å². The molecule has 1 rings (SSSR count). The van der Waals surface area contributed by atoms with Crippen LogP contribution in [0.5, 0.6) is 0 Å². The van der Waals surface area contributed by atoms with Crippen LogP contribution in [0.25, 0.3) is 0 Å². The first kappa shape index (κ1) is 9.00. The van der Waals surface area contributed by atoms with Crippen LogP contribution in [0.15, 0.2) is 18.3 Å². The highest BCUT2D eigenvalue weighted by molar-refractivity contribution is 5.14. The Bertz CT molecular complexity index is 289. The maximum atomic E-state index is 9.41. The number of aromatic nitrogens is 1. The van der Waals surface area contributed by atoms with Crippen molar-refractivity contribution in [2.24, 2.45) is 5.73 Å². The lowest BCUT2D eigenvalue weighted by Crippen LogP contribution is -2.45. The van der Waals surface area contributed by atoms with Crippen molar-refractivity contribution >= 4 is 0 Å². The first-order valence-corrected chi connectivity index (χ1v) is 3.92. The van der Waals surface area contributed by atoms with Crippen molar-refractivity contribution in [3.63, 3.8) is 0 Å². The predicted molar refractivity (Wildman–Crippen MR) is 45.8 cm³/mol. The van der Waals surface area contributed by atoms with Gasteiger partial charge >= 0.3 is 0 Å². The van der Waals surface area contributed by atoms with E-state index in [9.17, 15) is 5.21 Å². The van der Waals surface area contributed by atoms with Gasteiger partial charge in [0.15, 0.2) is 0 Å². The molecule has 0 aliphatic heterocycles. The van der Waals surface area contributed by atoms with Crippen LogP contribution in [0.4, 0.5) is 0 Å². The second-order valence-corrected chi connectivity index (χ2v) is 3.66. The molecule has 0 saturated heterocycles. The number of pyridine rings is 1. The molecule has 0 aromatic carbocycles. The molecule has 0 amide bonds. The van der Waals surface area contributed by atoms with Crippen LogP contribution < -0.4 is 10.5 Å². The van der Waals surface area contributed by atoms with Gasteiger partial charge in [0.25, 0.3) is 5.69 Å². The van der Waals surface area contributed by atoms with E-state index in [1.807, 2.05) is 32.9 Å². The van der Waals surface area contributed by atoms with E-state index >= 15 is 0 Å². The summed E-state index contributed by atoms with van der Waals surface area (Å²) < 4.78 is 1.06. The molecular formula is C9H15N2O+. The van der Waals surface area contributed by atoms with Crippen LogP contribution in [-0.2, 0) is 5.54 Å². The lowest BCUT2D eigenvalue weighted by molar-refractivity contribution is -0.911. The minimum atomic E-state index is -0.513. The molecule has 12 heavy (non-hydrogen) atoms.